The Morgan fingerprint density at radius 1 is 1.06 bits per heavy atom. The van der Waals surface area contributed by atoms with E-state index in [2.05, 4.69) is 15.4 Å². The molecule has 2 aliphatic rings. The number of halogens is 2. The van der Waals surface area contributed by atoms with E-state index >= 15 is 0 Å². The van der Waals surface area contributed by atoms with Crippen LogP contribution in [0.2, 0.25) is 5.02 Å². The van der Waals surface area contributed by atoms with E-state index in [9.17, 15) is 14.0 Å². The maximum absolute atomic E-state index is 13.9. The zero-order chi connectivity index (χ0) is 21.5. The van der Waals surface area contributed by atoms with Crippen molar-refractivity contribution in [2.24, 2.45) is 11.8 Å². The van der Waals surface area contributed by atoms with E-state index < -0.39 is 5.82 Å². The number of carbonyl (C=O) groups excluding carboxylic acids is 2. The molecule has 3 heterocycles. The van der Waals surface area contributed by atoms with Gasteiger partial charge in [0.05, 0.1) is 5.52 Å². The summed E-state index contributed by atoms with van der Waals surface area (Å²) in [6, 6.07) is 9.66. The first-order valence-corrected chi connectivity index (χ1v) is 10.4. The number of hydrogen-bond acceptors (Lipinski definition) is 4. The van der Waals surface area contributed by atoms with E-state index in [-0.39, 0.29) is 23.7 Å². The maximum atomic E-state index is 13.9. The van der Waals surface area contributed by atoms with Crippen LogP contribution in [-0.2, 0) is 4.79 Å². The fraction of sp³-hybridized carbons (Fsp3) is 0.273. The number of hydrogen-bond donors (Lipinski definition) is 1. The summed E-state index contributed by atoms with van der Waals surface area (Å²) >= 11 is 5.76. The third-order valence-electron chi connectivity index (χ3n) is 6.03. The van der Waals surface area contributed by atoms with Gasteiger partial charge in [-0.3, -0.25) is 14.7 Å². The number of benzene rings is 2. The minimum absolute atomic E-state index is 0.0321. The summed E-state index contributed by atoms with van der Waals surface area (Å²) in [4.78, 5) is 29.1. The van der Waals surface area contributed by atoms with Gasteiger partial charge < -0.3 is 9.80 Å². The molecule has 0 aliphatic carbocycles. The number of nitrogens with zero attached hydrogens (tertiary/aromatic N) is 4. The van der Waals surface area contributed by atoms with Crippen LogP contribution >= 0.6 is 11.6 Å². The first-order chi connectivity index (χ1) is 15.0. The number of nitrogens with one attached hydrogen (secondary N) is 1. The van der Waals surface area contributed by atoms with Crippen LogP contribution in [0.25, 0.3) is 17.1 Å². The molecule has 9 heteroatoms. The summed E-state index contributed by atoms with van der Waals surface area (Å²) in [5.41, 5.74) is 2.35. The number of fused-ring (bicyclic) bond motifs is 2. The van der Waals surface area contributed by atoms with Crippen molar-refractivity contribution < 1.29 is 14.0 Å². The van der Waals surface area contributed by atoms with Crippen LogP contribution in [-0.4, -0.2) is 63.2 Å². The van der Waals surface area contributed by atoms with Crippen LogP contribution < -0.4 is 0 Å². The molecule has 2 aliphatic heterocycles. The van der Waals surface area contributed by atoms with E-state index in [0.717, 1.165) is 5.52 Å². The summed E-state index contributed by atoms with van der Waals surface area (Å²) in [6.07, 6.45) is 2.86. The van der Waals surface area contributed by atoms with Crippen LogP contribution in [0, 0.1) is 17.7 Å². The highest BCUT2D eigenvalue weighted by molar-refractivity contribution is 6.30. The molecule has 2 atom stereocenters. The van der Waals surface area contributed by atoms with Crippen molar-refractivity contribution in [2.45, 2.75) is 0 Å². The minimum atomic E-state index is -0.465. The summed E-state index contributed by atoms with van der Waals surface area (Å²) in [5.74, 6) is -0.171. The zero-order valence-electron chi connectivity index (χ0n) is 16.5. The predicted molar refractivity (Wildman–Crippen MR) is 114 cm³/mol. The molecule has 158 valence electrons. The molecule has 31 heavy (non-hydrogen) atoms. The van der Waals surface area contributed by atoms with E-state index in [1.54, 1.807) is 35.2 Å². The predicted octanol–water partition coefficient (Wildman–Crippen LogP) is 2.99. The summed E-state index contributed by atoms with van der Waals surface area (Å²) < 4.78 is 13.9. The lowest BCUT2D eigenvalue weighted by molar-refractivity contribution is -0.125. The highest BCUT2D eigenvalue weighted by Crippen LogP contribution is 2.32. The fourth-order valence-electron chi connectivity index (χ4n) is 4.40. The van der Waals surface area contributed by atoms with E-state index in [0.29, 0.717) is 47.8 Å². The molecule has 3 aromatic rings. The van der Waals surface area contributed by atoms with Crippen LogP contribution in [0.5, 0.6) is 0 Å². The molecule has 2 fully saturated rings. The Morgan fingerprint density at radius 3 is 2.55 bits per heavy atom. The van der Waals surface area contributed by atoms with Crippen LogP contribution in [0.15, 0.2) is 42.5 Å². The average Bonchev–Trinajstić information content (AvgIpc) is 3.46. The lowest BCUT2D eigenvalue weighted by atomic mass is 10.0. The van der Waals surface area contributed by atoms with Crippen LogP contribution in [0.1, 0.15) is 15.9 Å². The fourth-order valence-corrected chi connectivity index (χ4v) is 4.56. The monoisotopic (exact) mass is 439 g/mol. The molecule has 0 radical (unpaired) electrons. The van der Waals surface area contributed by atoms with Crippen molar-refractivity contribution in [1.82, 2.24) is 25.2 Å². The van der Waals surface area contributed by atoms with Crippen molar-refractivity contribution in [2.75, 3.05) is 26.2 Å². The van der Waals surface area contributed by atoms with Crippen molar-refractivity contribution in [3.05, 3.63) is 64.4 Å². The Balaban J connectivity index is 1.20. The number of carbonyl (C=O) groups is 2. The van der Waals surface area contributed by atoms with E-state index in [4.69, 9.17) is 11.6 Å². The Hall–Kier alpha value is -3.26. The molecule has 5 rings (SSSR count). The van der Waals surface area contributed by atoms with E-state index in [1.165, 1.54) is 18.2 Å². The lowest BCUT2D eigenvalue weighted by Gasteiger charge is -2.21. The van der Waals surface area contributed by atoms with Gasteiger partial charge in [0.15, 0.2) is 0 Å². The summed E-state index contributed by atoms with van der Waals surface area (Å²) in [5, 5.41) is 10.8. The molecular weight excluding hydrogens is 421 g/mol. The smallest absolute Gasteiger partial charge is 0.253 e. The molecule has 2 aromatic carbocycles. The highest BCUT2D eigenvalue weighted by atomic mass is 35.5. The number of aromatic nitrogens is 3. The van der Waals surface area contributed by atoms with Gasteiger partial charge in [-0.05, 0) is 36.4 Å². The van der Waals surface area contributed by atoms with Gasteiger partial charge in [0.1, 0.15) is 11.3 Å². The maximum Gasteiger partial charge on any atom is 0.253 e. The molecule has 1 N–H and O–H groups in total. The second-order valence-electron chi connectivity index (χ2n) is 8.02. The molecule has 2 saturated heterocycles. The molecule has 0 spiro atoms. The third-order valence-corrected chi connectivity index (χ3v) is 6.26. The number of H-pyrrole nitrogens is 1. The quantitative estimate of drug-likeness (QED) is 0.636. The van der Waals surface area contributed by atoms with Gasteiger partial charge in [0.2, 0.25) is 5.91 Å². The van der Waals surface area contributed by atoms with Gasteiger partial charge in [-0.15, -0.1) is 5.10 Å². The Kier molecular flexibility index (Phi) is 4.94. The number of likely N-dealkylation sites (tertiary alicyclic amines) is 2. The first kappa shape index (κ1) is 19.7. The van der Waals surface area contributed by atoms with Gasteiger partial charge in [0, 0.05) is 60.2 Å². The Labute approximate surface area is 182 Å². The van der Waals surface area contributed by atoms with Gasteiger partial charge in [-0.1, -0.05) is 22.9 Å². The van der Waals surface area contributed by atoms with Gasteiger partial charge in [0.25, 0.3) is 5.91 Å². The average molecular weight is 440 g/mol. The molecule has 0 saturated carbocycles. The van der Waals surface area contributed by atoms with Crippen LogP contribution in [0.4, 0.5) is 4.39 Å². The molecular formula is C22H19ClFN5O2. The Bertz CT molecular complexity index is 1200. The van der Waals surface area contributed by atoms with Crippen molar-refractivity contribution in [1.29, 1.82) is 0 Å². The number of amides is 2. The molecule has 7 nitrogen and oxygen atoms in total. The molecule has 1 aromatic heterocycles. The van der Waals surface area contributed by atoms with E-state index in [1.807, 2.05) is 4.90 Å². The minimum Gasteiger partial charge on any atom is -0.338 e. The molecule has 0 unspecified atom stereocenters. The lowest BCUT2D eigenvalue weighted by Crippen LogP contribution is -2.35. The third kappa shape index (κ3) is 3.79. The van der Waals surface area contributed by atoms with Gasteiger partial charge in [-0.2, -0.15) is 0 Å². The number of rotatable bonds is 3. The normalized spacial score (nSPS) is 20.7. The van der Waals surface area contributed by atoms with Gasteiger partial charge in [-0.25, -0.2) is 4.39 Å². The van der Waals surface area contributed by atoms with Crippen LogP contribution in [0.3, 0.4) is 0 Å². The Morgan fingerprint density at radius 2 is 1.81 bits per heavy atom. The van der Waals surface area contributed by atoms with Gasteiger partial charge >= 0.3 is 0 Å². The van der Waals surface area contributed by atoms with Crippen molar-refractivity contribution in [3.8, 4) is 0 Å². The standard InChI is InChI=1S/C22H19ClFN5O2/c23-17-4-1-13(18(24)8-17)3-6-21(30)28-9-15-11-29(12-16(15)10-28)22(31)14-2-5-19-20(7-14)26-27-25-19/h1-8,15-16H,9-12H2,(H,25,26,27)/b6-3+/t15-,16-/m1/s1. The number of aromatic amines is 1. The van der Waals surface area contributed by atoms with Crippen molar-refractivity contribution in [3.63, 3.8) is 0 Å². The highest BCUT2D eigenvalue weighted by Gasteiger charge is 2.42. The molecule has 2 amide bonds. The van der Waals surface area contributed by atoms with Crippen molar-refractivity contribution >= 4 is 40.5 Å². The summed E-state index contributed by atoms with van der Waals surface area (Å²) in [7, 11) is 0. The SMILES string of the molecule is O=C(/C=C/c1ccc(Cl)cc1F)N1C[C@@H]2CN(C(=O)c3ccc4[nH]nnc4c3)C[C@H]2C1. The first-order valence-electron chi connectivity index (χ1n) is 10.00. The largest absolute Gasteiger partial charge is 0.338 e. The second kappa shape index (κ2) is 7.77. The topological polar surface area (TPSA) is 82.2 Å². The second-order valence-corrected chi connectivity index (χ2v) is 8.45. The molecule has 0 bridgehead atoms. The zero-order valence-corrected chi connectivity index (χ0v) is 17.2. The summed E-state index contributed by atoms with van der Waals surface area (Å²) in [6.45, 7) is 2.39.